The van der Waals surface area contributed by atoms with Gasteiger partial charge in [-0.25, -0.2) is 4.79 Å². The van der Waals surface area contributed by atoms with E-state index in [2.05, 4.69) is 0 Å². The number of carboxylic acid groups (broad SMARTS) is 1. The zero-order chi connectivity index (χ0) is 12.8. The minimum atomic E-state index is -1.02. The Hall–Kier alpha value is -2.04. The standard InChI is InChI=1S/C12H15NO4/c1-3-13(2)11(14)8-17-10-6-4-5-9(7-10)12(15)16/h4-7H,3,8H2,1-2H3,(H,15,16). The van der Waals surface area contributed by atoms with E-state index in [1.807, 2.05) is 6.92 Å². The highest BCUT2D eigenvalue weighted by atomic mass is 16.5. The minimum absolute atomic E-state index is 0.0899. The molecule has 0 bridgehead atoms. The number of benzene rings is 1. The van der Waals surface area contributed by atoms with Crippen molar-refractivity contribution in [2.75, 3.05) is 20.2 Å². The first-order chi connectivity index (χ1) is 8.04. The highest BCUT2D eigenvalue weighted by Gasteiger charge is 2.08. The van der Waals surface area contributed by atoms with Crippen molar-refractivity contribution < 1.29 is 19.4 Å². The third-order valence-electron chi connectivity index (χ3n) is 2.34. The monoisotopic (exact) mass is 237 g/mol. The molecular formula is C12H15NO4. The molecule has 5 heteroatoms. The largest absolute Gasteiger partial charge is 0.484 e. The summed E-state index contributed by atoms with van der Waals surface area (Å²) in [5.74, 6) is -0.788. The number of likely N-dealkylation sites (N-methyl/N-ethyl adjacent to an activating group) is 1. The van der Waals surface area contributed by atoms with Gasteiger partial charge in [-0.15, -0.1) is 0 Å². The molecule has 17 heavy (non-hydrogen) atoms. The number of aromatic carboxylic acids is 1. The molecule has 0 aromatic heterocycles. The normalized spacial score (nSPS) is 9.76. The number of nitrogens with zero attached hydrogens (tertiary/aromatic N) is 1. The molecule has 0 saturated heterocycles. The molecule has 0 aliphatic carbocycles. The van der Waals surface area contributed by atoms with E-state index in [0.717, 1.165) is 0 Å². The van der Waals surface area contributed by atoms with Gasteiger partial charge in [0.05, 0.1) is 5.56 Å². The van der Waals surface area contributed by atoms with Crippen molar-refractivity contribution in [1.82, 2.24) is 4.90 Å². The summed E-state index contributed by atoms with van der Waals surface area (Å²) in [6.45, 7) is 2.38. The molecule has 0 atom stereocenters. The molecule has 0 aliphatic heterocycles. The Balaban J connectivity index is 2.60. The number of carboxylic acids is 1. The van der Waals surface area contributed by atoms with Crippen molar-refractivity contribution in [3.63, 3.8) is 0 Å². The summed E-state index contributed by atoms with van der Waals surface area (Å²) in [5.41, 5.74) is 0.138. The lowest BCUT2D eigenvalue weighted by Gasteiger charge is -2.14. The molecule has 1 aromatic rings. The van der Waals surface area contributed by atoms with Crippen LogP contribution in [0.5, 0.6) is 5.75 Å². The van der Waals surface area contributed by atoms with Crippen molar-refractivity contribution in [3.05, 3.63) is 29.8 Å². The van der Waals surface area contributed by atoms with Crippen LogP contribution in [0.1, 0.15) is 17.3 Å². The molecular weight excluding hydrogens is 222 g/mol. The van der Waals surface area contributed by atoms with Gasteiger partial charge in [-0.1, -0.05) is 6.07 Å². The molecule has 0 fully saturated rings. The third-order valence-corrected chi connectivity index (χ3v) is 2.34. The van der Waals surface area contributed by atoms with E-state index in [-0.39, 0.29) is 18.1 Å². The minimum Gasteiger partial charge on any atom is -0.484 e. The van der Waals surface area contributed by atoms with E-state index >= 15 is 0 Å². The zero-order valence-corrected chi connectivity index (χ0v) is 9.84. The average molecular weight is 237 g/mol. The average Bonchev–Trinajstić information content (AvgIpc) is 2.35. The van der Waals surface area contributed by atoms with Crippen LogP contribution in [0.2, 0.25) is 0 Å². The van der Waals surface area contributed by atoms with Crippen LogP contribution in [-0.4, -0.2) is 42.1 Å². The maximum atomic E-state index is 11.5. The maximum Gasteiger partial charge on any atom is 0.335 e. The predicted octanol–water partition coefficient (Wildman–Crippen LogP) is 1.24. The van der Waals surface area contributed by atoms with Gasteiger partial charge in [-0.05, 0) is 25.1 Å². The molecule has 1 aromatic carbocycles. The number of ether oxygens (including phenoxy) is 1. The Kier molecular flexibility index (Phi) is 4.51. The van der Waals surface area contributed by atoms with Gasteiger partial charge in [-0.2, -0.15) is 0 Å². The Morgan fingerprint density at radius 2 is 2.12 bits per heavy atom. The second-order valence-electron chi connectivity index (χ2n) is 3.53. The van der Waals surface area contributed by atoms with Gasteiger partial charge in [0.2, 0.25) is 0 Å². The summed E-state index contributed by atoms with van der Waals surface area (Å²) in [7, 11) is 1.68. The fourth-order valence-electron chi connectivity index (χ4n) is 1.15. The van der Waals surface area contributed by atoms with Gasteiger partial charge in [-0.3, -0.25) is 4.79 Å². The Labute approximate surface area is 99.6 Å². The third kappa shape index (κ3) is 3.79. The fourth-order valence-corrected chi connectivity index (χ4v) is 1.15. The van der Waals surface area contributed by atoms with Crippen LogP contribution in [0.25, 0.3) is 0 Å². The molecule has 0 saturated carbocycles. The number of rotatable bonds is 5. The fraction of sp³-hybridized carbons (Fsp3) is 0.333. The Morgan fingerprint density at radius 1 is 1.41 bits per heavy atom. The summed E-state index contributed by atoms with van der Waals surface area (Å²) < 4.78 is 5.23. The highest BCUT2D eigenvalue weighted by molar-refractivity contribution is 5.88. The van der Waals surface area contributed by atoms with Crippen molar-refractivity contribution >= 4 is 11.9 Å². The summed E-state index contributed by atoms with van der Waals surface area (Å²) in [4.78, 5) is 23.7. The van der Waals surface area contributed by atoms with E-state index in [1.165, 1.54) is 17.0 Å². The van der Waals surface area contributed by atoms with Gasteiger partial charge in [0.15, 0.2) is 6.61 Å². The quantitative estimate of drug-likeness (QED) is 0.836. The molecule has 5 nitrogen and oxygen atoms in total. The van der Waals surface area contributed by atoms with Crippen LogP contribution >= 0.6 is 0 Å². The van der Waals surface area contributed by atoms with Crippen molar-refractivity contribution in [3.8, 4) is 5.75 Å². The van der Waals surface area contributed by atoms with E-state index in [4.69, 9.17) is 9.84 Å². The lowest BCUT2D eigenvalue weighted by atomic mass is 10.2. The molecule has 1 N–H and O–H groups in total. The van der Waals surface area contributed by atoms with Crippen LogP contribution in [0.3, 0.4) is 0 Å². The van der Waals surface area contributed by atoms with Crippen molar-refractivity contribution in [2.24, 2.45) is 0 Å². The van der Waals surface area contributed by atoms with Gasteiger partial charge < -0.3 is 14.7 Å². The molecule has 0 radical (unpaired) electrons. The summed E-state index contributed by atoms with van der Waals surface area (Å²) in [6.07, 6.45) is 0. The van der Waals surface area contributed by atoms with Crippen LogP contribution in [0.15, 0.2) is 24.3 Å². The summed E-state index contributed by atoms with van der Waals surface area (Å²) in [6, 6.07) is 6.05. The predicted molar refractivity (Wildman–Crippen MR) is 62.2 cm³/mol. The summed E-state index contributed by atoms with van der Waals surface area (Å²) in [5, 5.41) is 8.78. The highest BCUT2D eigenvalue weighted by Crippen LogP contribution is 2.13. The number of amides is 1. The van der Waals surface area contributed by atoms with Gasteiger partial charge in [0, 0.05) is 13.6 Å². The van der Waals surface area contributed by atoms with Crippen molar-refractivity contribution in [1.29, 1.82) is 0 Å². The smallest absolute Gasteiger partial charge is 0.335 e. The van der Waals surface area contributed by atoms with Gasteiger partial charge in [0.25, 0.3) is 5.91 Å². The molecule has 1 amide bonds. The first kappa shape index (κ1) is 13.0. The second kappa shape index (κ2) is 5.89. The van der Waals surface area contributed by atoms with E-state index < -0.39 is 5.97 Å². The van der Waals surface area contributed by atoms with Gasteiger partial charge >= 0.3 is 5.97 Å². The lowest BCUT2D eigenvalue weighted by molar-refractivity contribution is -0.131. The number of carbonyl (C=O) groups is 2. The molecule has 0 unspecified atom stereocenters. The molecule has 0 heterocycles. The molecule has 0 aliphatic rings. The molecule has 92 valence electrons. The van der Waals surface area contributed by atoms with Crippen molar-refractivity contribution in [2.45, 2.75) is 6.92 Å². The van der Waals surface area contributed by atoms with Crippen LogP contribution < -0.4 is 4.74 Å². The van der Waals surface area contributed by atoms with E-state index in [0.29, 0.717) is 12.3 Å². The second-order valence-corrected chi connectivity index (χ2v) is 3.53. The maximum absolute atomic E-state index is 11.5. The SMILES string of the molecule is CCN(C)C(=O)COc1cccc(C(=O)O)c1. The Morgan fingerprint density at radius 3 is 2.71 bits per heavy atom. The molecule has 0 spiro atoms. The zero-order valence-electron chi connectivity index (χ0n) is 9.84. The lowest BCUT2D eigenvalue weighted by Crippen LogP contribution is -2.31. The van der Waals surface area contributed by atoms with Crippen LogP contribution in [-0.2, 0) is 4.79 Å². The first-order valence-electron chi connectivity index (χ1n) is 5.24. The summed E-state index contributed by atoms with van der Waals surface area (Å²) >= 11 is 0. The van der Waals surface area contributed by atoms with Crippen LogP contribution in [0.4, 0.5) is 0 Å². The van der Waals surface area contributed by atoms with E-state index in [9.17, 15) is 9.59 Å². The first-order valence-corrected chi connectivity index (χ1v) is 5.24. The Bertz CT molecular complexity index is 417. The molecule has 1 rings (SSSR count). The van der Waals surface area contributed by atoms with E-state index in [1.54, 1.807) is 19.2 Å². The van der Waals surface area contributed by atoms with Gasteiger partial charge in [0.1, 0.15) is 5.75 Å². The number of hydrogen-bond acceptors (Lipinski definition) is 3. The van der Waals surface area contributed by atoms with Crippen LogP contribution in [0, 0.1) is 0 Å². The topological polar surface area (TPSA) is 66.8 Å². The number of hydrogen-bond donors (Lipinski definition) is 1. The number of carbonyl (C=O) groups excluding carboxylic acids is 1.